The minimum atomic E-state index is -0.902. The number of carbonyl (C=O) groups is 2. The van der Waals surface area contributed by atoms with E-state index in [1.165, 1.54) is 37.7 Å². The van der Waals surface area contributed by atoms with E-state index in [-0.39, 0.29) is 12.5 Å². The Balaban J connectivity index is 1.23. The third-order valence-electron chi connectivity index (χ3n) is 9.21. The maximum absolute atomic E-state index is 11.6. The Morgan fingerprint density at radius 3 is 2.44 bits per heavy atom. The van der Waals surface area contributed by atoms with E-state index in [1.54, 1.807) is 6.07 Å². The van der Waals surface area contributed by atoms with Crippen molar-refractivity contribution < 1.29 is 24.5 Å². The van der Waals surface area contributed by atoms with Gasteiger partial charge in [-0.05, 0) is 110 Å². The molecule has 0 radical (unpaired) electrons. The summed E-state index contributed by atoms with van der Waals surface area (Å²) >= 11 is 0. The lowest BCUT2D eigenvalue weighted by Gasteiger charge is -2.36. The lowest BCUT2D eigenvalue weighted by Crippen LogP contribution is -2.34. The number of aliphatic carboxylic acids is 1. The molecular formula is C39H45NO5. The third kappa shape index (κ3) is 9.45. The molecule has 0 saturated heterocycles. The largest absolute Gasteiger partial charge is 0.489 e. The van der Waals surface area contributed by atoms with E-state index in [9.17, 15) is 14.7 Å². The van der Waals surface area contributed by atoms with Gasteiger partial charge in [0, 0.05) is 30.5 Å². The van der Waals surface area contributed by atoms with E-state index in [0.717, 1.165) is 73.2 Å². The van der Waals surface area contributed by atoms with Crippen LogP contribution in [0.1, 0.15) is 108 Å². The zero-order valence-electron chi connectivity index (χ0n) is 26.2. The Hall–Kier alpha value is -4.08. The van der Waals surface area contributed by atoms with Gasteiger partial charge < -0.3 is 14.9 Å². The summed E-state index contributed by atoms with van der Waals surface area (Å²) in [5, 5.41) is 18.7. The highest BCUT2D eigenvalue weighted by Crippen LogP contribution is 2.36. The fourth-order valence-corrected chi connectivity index (χ4v) is 6.71. The van der Waals surface area contributed by atoms with E-state index in [4.69, 9.17) is 9.84 Å². The van der Waals surface area contributed by atoms with Crippen molar-refractivity contribution in [3.63, 3.8) is 0 Å². The molecule has 0 heterocycles. The Bertz CT molecular complexity index is 1500. The van der Waals surface area contributed by atoms with Crippen LogP contribution in [0, 0.1) is 17.8 Å². The highest BCUT2D eigenvalue weighted by Gasteiger charge is 2.27. The topological polar surface area (TPSA) is 87.1 Å². The van der Waals surface area contributed by atoms with Gasteiger partial charge in [0.05, 0.1) is 5.56 Å². The van der Waals surface area contributed by atoms with Crippen LogP contribution in [0.3, 0.4) is 0 Å². The zero-order valence-corrected chi connectivity index (χ0v) is 26.2. The van der Waals surface area contributed by atoms with Gasteiger partial charge in [0.2, 0.25) is 0 Å². The molecule has 6 nitrogen and oxygen atoms in total. The fourth-order valence-electron chi connectivity index (χ4n) is 6.71. The normalized spacial score (nSPS) is 16.4. The molecule has 3 aromatic carbocycles. The van der Waals surface area contributed by atoms with Crippen LogP contribution in [0.5, 0.6) is 5.75 Å². The number of nitrogens with zero attached hydrogens (tertiary/aromatic N) is 1. The first-order chi connectivity index (χ1) is 22.0. The molecule has 3 aromatic rings. The molecule has 0 aromatic heterocycles. The van der Waals surface area contributed by atoms with E-state index in [1.807, 2.05) is 30.3 Å². The van der Waals surface area contributed by atoms with Crippen molar-refractivity contribution in [2.45, 2.75) is 89.7 Å². The van der Waals surface area contributed by atoms with Crippen molar-refractivity contribution in [3.05, 3.63) is 100 Å². The van der Waals surface area contributed by atoms with Crippen molar-refractivity contribution >= 4 is 11.9 Å². The summed E-state index contributed by atoms with van der Waals surface area (Å²) < 4.78 is 6.34. The zero-order chi connectivity index (χ0) is 31.4. The van der Waals surface area contributed by atoms with Crippen LogP contribution in [0.4, 0.5) is 0 Å². The van der Waals surface area contributed by atoms with Gasteiger partial charge in [0.25, 0.3) is 0 Å². The molecule has 1 atom stereocenters. The summed E-state index contributed by atoms with van der Waals surface area (Å²) in [4.78, 5) is 25.2. The van der Waals surface area contributed by atoms with Gasteiger partial charge in [-0.25, -0.2) is 4.79 Å². The first-order valence-corrected chi connectivity index (χ1v) is 16.6. The summed E-state index contributed by atoms with van der Waals surface area (Å²) in [6, 6.07) is 22.3. The quantitative estimate of drug-likeness (QED) is 0.151. The number of hydrogen-bond acceptors (Lipinski definition) is 4. The van der Waals surface area contributed by atoms with E-state index < -0.39 is 11.9 Å². The van der Waals surface area contributed by atoms with Gasteiger partial charge in [0.15, 0.2) is 0 Å². The number of hydrogen-bond donors (Lipinski definition) is 2. The van der Waals surface area contributed by atoms with Gasteiger partial charge >= 0.3 is 11.9 Å². The molecule has 45 heavy (non-hydrogen) atoms. The second-order valence-electron chi connectivity index (χ2n) is 12.5. The molecule has 1 unspecified atom stereocenters. The SMILES string of the molecule is O=C(O)CCCCN(CCc1ccccc1OCc1ccc(C#CC2CCCCC2)cc1)C1CCCc2cc(C(=O)O)ccc21. The summed E-state index contributed by atoms with van der Waals surface area (Å²) in [7, 11) is 0. The lowest BCUT2D eigenvalue weighted by molar-refractivity contribution is -0.137. The van der Waals surface area contributed by atoms with Crippen LogP contribution in [-0.4, -0.2) is 40.1 Å². The predicted molar refractivity (Wildman–Crippen MR) is 177 cm³/mol. The molecular weight excluding hydrogens is 562 g/mol. The highest BCUT2D eigenvalue weighted by atomic mass is 16.5. The molecule has 6 heteroatoms. The summed E-state index contributed by atoms with van der Waals surface area (Å²) in [5.74, 6) is 6.58. The van der Waals surface area contributed by atoms with Crippen LogP contribution in [0.2, 0.25) is 0 Å². The molecule has 2 aliphatic carbocycles. The van der Waals surface area contributed by atoms with Gasteiger partial charge in [0.1, 0.15) is 12.4 Å². The molecule has 2 N–H and O–H groups in total. The number of unbranched alkanes of at least 4 members (excludes halogenated alkanes) is 1. The molecule has 1 fully saturated rings. The van der Waals surface area contributed by atoms with E-state index >= 15 is 0 Å². The standard InChI is InChI=1S/C39H45NO5/c41-38(42)15-6-7-25-40(36-13-8-12-33-27-34(39(43)44)22-23-35(33)36)26-24-32-11-4-5-14-37(32)45-28-31-20-18-30(19-21-31)17-16-29-9-2-1-3-10-29/h4-5,11,14,18-23,27,29,36H,1-3,6-10,12-13,15,24-26,28H2,(H,41,42)(H,43,44). The number of aromatic carboxylic acids is 1. The molecule has 1 saturated carbocycles. The summed E-state index contributed by atoms with van der Waals surface area (Å²) in [6.07, 6.45) is 11.7. The first kappa shape index (κ1) is 32.3. The number of carboxylic acid groups (broad SMARTS) is 2. The number of para-hydroxylation sites is 1. The molecule has 0 amide bonds. The fraction of sp³-hybridized carbons (Fsp3) is 0.436. The monoisotopic (exact) mass is 607 g/mol. The molecule has 0 aliphatic heterocycles. The number of aryl methyl sites for hydroxylation is 1. The minimum Gasteiger partial charge on any atom is -0.489 e. The Kier molecular flexibility index (Phi) is 11.7. The molecule has 236 valence electrons. The van der Waals surface area contributed by atoms with Crippen molar-refractivity contribution in [1.82, 2.24) is 4.90 Å². The maximum atomic E-state index is 11.6. The van der Waals surface area contributed by atoms with Crippen molar-refractivity contribution in [3.8, 4) is 17.6 Å². The van der Waals surface area contributed by atoms with Crippen LogP contribution < -0.4 is 4.74 Å². The molecule has 2 aliphatic rings. The number of carboxylic acids is 2. The average Bonchev–Trinajstić information content (AvgIpc) is 3.07. The van der Waals surface area contributed by atoms with E-state index in [0.29, 0.717) is 24.5 Å². The second kappa shape index (κ2) is 16.3. The van der Waals surface area contributed by atoms with Crippen LogP contribution in [-0.2, 0) is 24.2 Å². The predicted octanol–water partition coefficient (Wildman–Crippen LogP) is 8.07. The van der Waals surface area contributed by atoms with Crippen molar-refractivity contribution in [2.24, 2.45) is 5.92 Å². The highest BCUT2D eigenvalue weighted by molar-refractivity contribution is 5.88. The third-order valence-corrected chi connectivity index (χ3v) is 9.21. The van der Waals surface area contributed by atoms with Gasteiger partial charge in [-0.2, -0.15) is 0 Å². The second-order valence-corrected chi connectivity index (χ2v) is 12.5. The smallest absolute Gasteiger partial charge is 0.335 e. The molecule has 5 rings (SSSR count). The number of ether oxygens (including phenoxy) is 1. The lowest BCUT2D eigenvalue weighted by atomic mass is 9.85. The summed E-state index contributed by atoms with van der Waals surface area (Å²) in [6.45, 7) is 2.07. The number of fused-ring (bicyclic) bond motifs is 1. The van der Waals surface area contributed by atoms with E-state index in [2.05, 4.69) is 47.1 Å². The Morgan fingerprint density at radius 2 is 1.67 bits per heavy atom. The van der Waals surface area contributed by atoms with Crippen molar-refractivity contribution in [1.29, 1.82) is 0 Å². The van der Waals surface area contributed by atoms with Gasteiger partial charge in [-0.15, -0.1) is 0 Å². The Labute approximate surface area is 267 Å². The number of benzene rings is 3. The Morgan fingerprint density at radius 1 is 0.867 bits per heavy atom. The van der Waals surface area contributed by atoms with Gasteiger partial charge in [-0.3, -0.25) is 9.69 Å². The van der Waals surface area contributed by atoms with Crippen LogP contribution >= 0.6 is 0 Å². The average molecular weight is 608 g/mol. The number of rotatable bonds is 13. The summed E-state index contributed by atoms with van der Waals surface area (Å²) in [5.41, 5.74) is 5.93. The van der Waals surface area contributed by atoms with Gasteiger partial charge in [-0.1, -0.05) is 67.5 Å². The molecule has 0 bridgehead atoms. The van der Waals surface area contributed by atoms with Crippen molar-refractivity contribution in [2.75, 3.05) is 13.1 Å². The molecule has 0 spiro atoms. The minimum absolute atomic E-state index is 0.168. The first-order valence-electron chi connectivity index (χ1n) is 16.6. The van der Waals surface area contributed by atoms with Crippen LogP contribution in [0.25, 0.3) is 0 Å². The maximum Gasteiger partial charge on any atom is 0.335 e. The van der Waals surface area contributed by atoms with Crippen LogP contribution in [0.15, 0.2) is 66.7 Å².